The molecule has 2 atom stereocenters. The molecule has 5 heteroatoms. The number of halogens is 1. The maximum absolute atomic E-state index is 13.8. The topological polar surface area (TPSA) is 51.0 Å². The van der Waals surface area contributed by atoms with E-state index in [0.717, 1.165) is 32.2 Å². The fraction of sp³-hybridized carbons (Fsp3) is 0.500. The minimum atomic E-state index is -0.322. The lowest BCUT2D eigenvalue weighted by molar-refractivity contribution is 0.330. The smallest absolute Gasteiger partial charge is 0.231 e. The minimum Gasteiger partial charge on any atom is -0.339 e. The Labute approximate surface area is 123 Å². The average molecular weight is 289 g/mol. The third-order valence-electron chi connectivity index (χ3n) is 4.05. The molecule has 3 rings (SSSR count). The molecular formula is C16H20FN3O. The van der Waals surface area contributed by atoms with E-state index in [-0.39, 0.29) is 11.7 Å². The summed E-state index contributed by atoms with van der Waals surface area (Å²) >= 11 is 0. The van der Waals surface area contributed by atoms with Crippen LogP contribution in [0.2, 0.25) is 0 Å². The van der Waals surface area contributed by atoms with Crippen LogP contribution in [0.15, 0.2) is 28.8 Å². The Bertz CT molecular complexity index is 599. The molecule has 1 aromatic carbocycles. The predicted octanol–water partition coefficient (Wildman–Crippen LogP) is 3.51. The highest BCUT2D eigenvalue weighted by Gasteiger charge is 2.32. The van der Waals surface area contributed by atoms with Crippen molar-refractivity contribution in [1.29, 1.82) is 0 Å². The fourth-order valence-electron chi connectivity index (χ4n) is 2.97. The molecule has 1 fully saturated rings. The SMILES string of the molecule is CCCNC1CCCC1c1nc(-c2ccccc2F)no1. The molecule has 0 amide bonds. The third-order valence-corrected chi connectivity index (χ3v) is 4.05. The van der Waals surface area contributed by atoms with Crippen molar-refractivity contribution in [2.24, 2.45) is 0 Å². The summed E-state index contributed by atoms with van der Waals surface area (Å²) in [6.45, 7) is 3.15. The Morgan fingerprint density at radius 1 is 1.33 bits per heavy atom. The molecule has 4 nitrogen and oxygen atoms in total. The summed E-state index contributed by atoms with van der Waals surface area (Å²) in [5, 5.41) is 7.49. The lowest BCUT2D eigenvalue weighted by Gasteiger charge is -2.17. The van der Waals surface area contributed by atoms with Gasteiger partial charge in [0, 0.05) is 6.04 Å². The van der Waals surface area contributed by atoms with Gasteiger partial charge in [0.25, 0.3) is 0 Å². The molecule has 0 aliphatic heterocycles. The van der Waals surface area contributed by atoms with Gasteiger partial charge in [-0.1, -0.05) is 30.6 Å². The molecule has 1 aliphatic carbocycles. The van der Waals surface area contributed by atoms with Crippen LogP contribution >= 0.6 is 0 Å². The molecule has 0 radical (unpaired) electrons. The van der Waals surface area contributed by atoms with Crippen molar-refractivity contribution in [3.05, 3.63) is 36.0 Å². The van der Waals surface area contributed by atoms with Crippen LogP contribution in [-0.4, -0.2) is 22.7 Å². The molecule has 1 aliphatic rings. The second kappa shape index (κ2) is 6.35. The van der Waals surface area contributed by atoms with E-state index in [0.29, 0.717) is 23.3 Å². The Balaban J connectivity index is 1.80. The molecule has 0 bridgehead atoms. The van der Waals surface area contributed by atoms with E-state index in [1.54, 1.807) is 18.2 Å². The van der Waals surface area contributed by atoms with Crippen LogP contribution < -0.4 is 5.32 Å². The molecule has 1 N–H and O–H groups in total. The van der Waals surface area contributed by atoms with Gasteiger partial charge in [0.05, 0.1) is 11.5 Å². The maximum atomic E-state index is 13.8. The average Bonchev–Trinajstić information content (AvgIpc) is 3.14. The van der Waals surface area contributed by atoms with Gasteiger partial charge in [-0.25, -0.2) is 4.39 Å². The van der Waals surface area contributed by atoms with Crippen molar-refractivity contribution in [1.82, 2.24) is 15.5 Å². The Morgan fingerprint density at radius 2 is 2.19 bits per heavy atom. The van der Waals surface area contributed by atoms with E-state index in [9.17, 15) is 4.39 Å². The molecule has 1 heterocycles. The molecule has 2 unspecified atom stereocenters. The van der Waals surface area contributed by atoms with Gasteiger partial charge in [-0.3, -0.25) is 0 Å². The number of rotatable bonds is 5. The first-order valence-corrected chi connectivity index (χ1v) is 7.61. The van der Waals surface area contributed by atoms with E-state index in [2.05, 4.69) is 22.4 Å². The summed E-state index contributed by atoms with van der Waals surface area (Å²) in [5.41, 5.74) is 0.392. The first-order chi connectivity index (χ1) is 10.3. The van der Waals surface area contributed by atoms with Crippen LogP contribution in [0.5, 0.6) is 0 Å². The van der Waals surface area contributed by atoms with Gasteiger partial charge in [0.2, 0.25) is 11.7 Å². The highest BCUT2D eigenvalue weighted by atomic mass is 19.1. The van der Waals surface area contributed by atoms with Gasteiger partial charge < -0.3 is 9.84 Å². The zero-order chi connectivity index (χ0) is 14.7. The monoisotopic (exact) mass is 289 g/mol. The van der Waals surface area contributed by atoms with Crippen LogP contribution in [0.3, 0.4) is 0 Å². The molecule has 2 aromatic rings. The van der Waals surface area contributed by atoms with Gasteiger partial charge in [0.1, 0.15) is 5.82 Å². The zero-order valence-corrected chi connectivity index (χ0v) is 12.2. The summed E-state index contributed by atoms with van der Waals surface area (Å²) in [7, 11) is 0. The highest BCUT2D eigenvalue weighted by molar-refractivity contribution is 5.54. The van der Waals surface area contributed by atoms with Crippen LogP contribution in [0.4, 0.5) is 4.39 Å². The number of nitrogens with one attached hydrogen (secondary N) is 1. The van der Waals surface area contributed by atoms with E-state index < -0.39 is 0 Å². The van der Waals surface area contributed by atoms with Crippen LogP contribution in [0.25, 0.3) is 11.4 Å². The second-order valence-electron chi connectivity index (χ2n) is 5.53. The van der Waals surface area contributed by atoms with Crippen molar-refractivity contribution >= 4 is 0 Å². The van der Waals surface area contributed by atoms with Crippen molar-refractivity contribution in [3.8, 4) is 11.4 Å². The standard InChI is InChI=1S/C16H20FN3O/c1-2-10-18-14-9-5-7-12(14)16-19-15(20-21-16)11-6-3-4-8-13(11)17/h3-4,6,8,12,14,18H,2,5,7,9-10H2,1H3. The van der Waals surface area contributed by atoms with E-state index in [1.165, 1.54) is 6.07 Å². The van der Waals surface area contributed by atoms with Gasteiger partial charge >= 0.3 is 0 Å². The van der Waals surface area contributed by atoms with E-state index in [1.807, 2.05) is 0 Å². The lowest BCUT2D eigenvalue weighted by atomic mass is 10.0. The number of nitrogens with zero attached hydrogens (tertiary/aromatic N) is 2. The minimum absolute atomic E-state index is 0.240. The predicted molar refractivity (Wildman–Crippen MR) is 78.4 cm³/mol. The third kappa shape index (κ3) is 2.97. The van der Waals surface area contributed by atoms with Crippen LogP contribution in [0.1, 0.15) is 44.4 Å². The van der Waals surface area contributed by atoms with Gasteiger partial charge in [-0.15, -0.1) is 0 Å². The Kier molecular flexibility index (Phi) is 4.29. The van der Waals surface area contributed by atoms with Crippen molar-refractivity contribution in [3.63, 3.8) is 0 Å². The van der Waals surface area contributed by atoms with Gasteiger partial charge in [-0.05, 0) is 37.9 Å². The zero-order valence-electron chi connectivity index (χ0n) is 12.2. The highest BCUT2D eigenvalue weighted by Crippen LogP contribution is 2.34. The number of hydrogen-bond donors (Lipinski definition) is 1. The molecule has 1 saturated carbocycles. The van der Waals surface area contributed by atoms with Crippen molar-refractivity contribution < 1.29 is 8.91 Å². The first-order valence-electron chi connectivity index (χ1n) is 7.61. The lowest BCUT2D eigenvalue weighted by Crippen LogP contribution is -2.31. The first kappa shape index (κ1) is 14.2. The number of hydrogen-bond acceptors (Lipinski definition) is 4. The molecule has 1 aromatic heterocycles. The molecule has 21 heavy (non-hydrogen) atoms. The second-order valence-corrected chi connectivity index (χ2v) is 5.53. The van der Waals surface area contributed by atoms with E-state index >= 15 is 0 Å². The largest absolute Gasteiger partial charge is 0.339 e. The number of aromatic nitrogens is 2. The molecular weight excluding hydrogens is 269 g/mol. The maximum Gasteiger partial charge on any atom is 0.231 e. The summed E-state index contributed by atoms with van der Waals surface area (Å²) in [5.74, 6) is 0.880. The quantitative estimate of drug-likeness (QED) is 0.915. The normalized spacial score (nSPS) is 21.8. The molecule has 112 valence electrons. The Hall–Kier alpha value is -1.75. The van der Waals surface area contributed by atoms with Gasteiger partial charge in [-0.2, -0.15) is 4.98 Å². The summed E-state index contributed by atoms with van der Waals surface area (Å²) in [6, 6.07) is 6.90. The van der Waals surface area contributed by atoms with Crippen molar-refractivity contribution in [2.75, 3.05) is 6.54 Å². The summed E-state index contributed by atoms with van der Waals surface area (Å²) < 4.78 is 19.2. The van der Waals surface area contributed by atoms with Crippen LogP contribution in [0, 0.1) is 5.82 Å². The summed E-state index contributed by atoms with van der Waals surface area (Å²) in [6.07, 6.45) is 4.43. The Morgan fingerprint density at radius 3 is 3.00 bits per heavy atom. The van der Waals surface area contributed by atoms with Crippen molar-refractivity contribution in [2.45, 2.75) is 44.6 Å². The van der Waals surface area contributed by atoms with E-state index in [4.69, 9.17) is 4.52 Å². The summed E-state index contributed by atoms with van der Waals surface area (Å²) in [4.78, 5) is 4.42. The van der Waals surface area contributed by atoms with Gasteiger partial charge in [0.15, 0.2) is 0 Å². The molecule has 0 saturated heterocycles. The fourth-order valence-corrected chi connectivity index (χ4v) is 2.97. The number of benzene rings is 1. The van der Waals surface area contributed by atoms with Crippen LogP contribution in [-0.2, 0) is 0 Å². The molecule has 0 spiro atoms.